The van der Waals surface area contributed by atoms with Crippen LogP contribution in [-0.4, -0.2) is 41.7 Å². The van der Waals surface area contributed by atoms with Crippen LogP contribution >= 0.6 is 0 Å². The largest absolute Gasteiger partial charge is 0.503 e. The Morgan fingerprint density at radius 1 is 1.14 bits per heavy atom. The fourth-order valence-electron chi connectivity index (χ4n) is 2.64. The maximum atomic E-state index is 12.2. The van der Waals surface area contributed by atoms with Crippen LogP contribution in [0.15, 0.2) is 42.6 Å². The normalized spacial score (nSPS) is 11.5. The molecule has 0 bridgehead atoms. The van der Waals surface area contributed by atoms with E-state index in [2.05, 4.69) is 22.4 Å². The molecule has 0 aliphatic rings. The third kappa shape index (κ3) is 6.26. The van der Waals surface area contributed by atoms with E-state index in [0.29, 0.717) is 6.61 Å². The Morgan fingerprint density at radius 3 is 2.61 bits per heavy atom. The lowest BCUT2D eigenvalue weighted by atomic mass is 10.1. The molecule has 1 amide bonds. The van der Waals surface area contributed by atoms with E-state index in [4.69, 9.17) is 9.47 Å². The van der Waals surface area contributed by atoms with Crippen LogP contribution in [0.1, 0.15) is 42.2 Å². The molecule has 7 heteroatoms. The Labute approximate surface area is 164 Å². The first-order chi connectivity index (χ1) is 13.5. The summed E-state index contributed by atoms with van der Waals surface area (Å²) in [5.74, 6) is -1.45. The van der Waals surface area contributed by atoms with Crippen LogP contribution < -0.4 is 10.1 Å². The third-order valence-corrected chi connectivity index (χ3v) is 4.22. The van der Waals surface area contributed by atoms with Gasteiger partial charge in [-0.25, -0.2) is 9.78 Å². The maximum absolute atomic E-state index is 12.2. The highest BCUT2D eigenvalue weighted by molar-refractivity contribution is 5.97. The lowest BCUT2D eigenvalue weighted by Gasteiger charge is -2.14. The average molecular weight is 386 g/mol. The predicted octanol–water partition coefficient (Wildman–Crippen LogP) is 2.87. The topological polar surface area (TPSA) is 97.8 Å². The molecular weight excluding hydrogens is 360 g/mol. The Balaban J connectivity index is 1.69. The van der Waals surface area contributed by atoms with Crippen molar-refractivity contribution in [1.29, 1.82) is 0 Å². The molecule has 1 aromatic heterocycles. The summed E-state index contributed by atoms with van der Waals surface area (Å²) in [6, 6.07) is 10.8. The number of pyridine rings is 1. The molecular formula is C21H26N2O5. The van der Waals surface area contributed by atoms with E-state index in [1.54, 1.807) is 0 Å². The van der Waals surface area contributed by atoms with Crippen molar-refractivity contribution < 1.29 is 24.2 Å². The number of aryl methyl sites for hydroxylation is 1. The van der Waals surface area contributed by atoms with Crippen molar-refractivity contribution in [3.05, 3.63) is 53.9 Å². The van der Waals surface area contributed by atoms with E-state index >= 15 is 0 Å². The first-order valence-corrected chi connectivity index (χ1v) is 9.26. The zero-order valence-electron chi connectivity index (χ0n) is 16.2. The Hall–Kier alpha value is -3.09. The molecule has 1 atom stereocenters. The number of ether oxygens (including phenoxy) is 2. The van der Waals surface area contributed by atoms with Crippen LogP contribution in [0.3, 0.4) is 0 Å². The van der Waals surface area contributed by atoms with Crippen LogP contribution in [0.2, 0.25) is 0 Å². The summed E-state index contributed by atoms with van der Waals surface area (Å²) in [5, 5.41) is 12.4. The molecule has 0 radical (unpaired) electrons. The number of carbonyl (C=O) groups excluding carboxylic acids is 2. The van der Waals surface area contributed by atoms with Gasteiger partial charge in [0.05, 0.1) is 13.7 Å². The highest BCUT2D eigenvalue weighted by Crippen LogP contribution is 2.27. The minimum Gasteiger partial charge on any atom is -0.503 e. The molecule has 28 heavy (non-hydrogen) atoms. The average Bonchev–Trinajstić information content (AvgIpc) is 2.71. The van der Waals surface area contributed by atoms with Crippen molar-refractivity contribution in [1.82, 2.24) is 10.3 Å². The SMILES string of the molecule is COc1ccnc(C(=O)NC(C)C(=O)OCCCCCc2ccccc2)c1O. The van der Waals surface area contributed by atoms with Crippen LogP contribution in [0.25, 0.3) is 0 Å². The number of unbranched alkanes of at least 4 members (excludes halogenated alkanes) is 2. The summed E-state index contributed by atoms with van der Waals surface area (Å²) >= 11 is 0. The van der Waals surface area contributed by atoms with Crippen molar-refractivity contribution in [2.45, 2.75) is 38.6 Å². The summed E-state index contributed by atoms with van der Waals surface area (Å²) in [4.78, 5) is 28.1. The standard InChI is InChI=1S/C21H26N2O5/c1-15(23-20(25)18-19(24)17(27-2)12-13-22-18)21(26)28-14-8-4-7-11-16-9-5-3-6-10-16/h3,5-6,9-10,12-13,15,24H,4,7-8,11,14H2,1-2H3,(H,23,25). The molecule has 0 spiro atoms. The summed E-state index contributed by atoms with van der Waals surface area (Å²) in [5.41, 5.74) is 1.09. The van der Waals surface area contributed by atoms with Crippen molar-refractivity contribution in [3.63, 3.8) is 0 Å². The molecule has 1 unspecified atom stereocenters. The van der Waals surface area contributed by atoms with Crippen molar-refractivity contribution in [2.75, 3.05) is 13.7 Å². The van der Waals surface area contributed by atoms with Crippen LogP contribution in [-0.2, 0) is 16.0 Å². The summed E-state index contributed by atoms with van der Waals surface area (Å²) in [6.07, 6.45) is 5.07. The van der Waals surface area contributed by atoms with Gasteiger partial charge in [-0.15, -0.1) is 0 Å². The van der Waals surface area contributed by atoms with E-state index in [-0.39, 0.29) is 17.2 Å². The number of esters is 1. The quantitative estimate of drug-likeness (QED) is 0.481. The zero-order chi connectivity index (χ0) is 20.4. The second-order valence-corrected chi connectivity index (χ2v) is 6.37. The van der Waals surface area contributed by atoms with Crippen LogP contribution in [0.5, 0.6) is 11.5 Å². The van der Waals surface area contributed by atoms with E-state index in [9.17, 15) is 14.7 Å². The van der Waals surface area contributed by atoms with Crippen LogP contribution in [0, 0.1) is 0 Å². The monoisotopic (exact) mass is 386 g/mol. The lowest BCUT2D eigenvalue weighted by molar-refractivity contribution is -0.145. The highest BCUT2D eigenvalue weighted by atomic mass is 16.5. The number of aromatic hydroxyl groups is 1. The van der Waals surface area contributed by atoms with Gasteiger partial charge < -0.3 is 19.9 Å². The number of nitrogens with one attached hydrogen (secondary N) is 1. The molecule has 0 saturated heterocycles. The molecule has 1 heterocycles. The number of amides is 1. The van der Waals surface area contributed by atoms with E-state index < -0.39 is 17.9 Å². The molecule has 2 aromatic rings. The van der Waals surface area contributed by atoms with Crippen LogP contribution in [0.4, 0.5) is 0 Å². The van der Waals surface area contributed by atoms with E-state index in [0.717, 1.165) is 25.7 Å². The Kier molecular flexibility index (Phi) is 8.27. The molecule has 0 saturated carbocycles. The highest BCUT2D eigenvalue weighted by Gasteiger charge is 2.22. The van der Waals surface area contributed by atoms with Gasteiger partial charge >= 0.3 is 5.97 Å². The van der Waals surface area contributed by atoms with Gasteiger partial charge in [0.15, 0.2) is 17.2 Å². The molecule has 0 fully saturated rings. The lowest BCUT2D eigenvalue weighted by Crippen LogP contribution is -2.40. The number of aromatic nitrogens is 1. The fraction of sp³-hybridized carbons (Fsp3) is 0.381. The van der Waals surface area contributed by atoms with Gasteiger partial charge in [0, 0.05) is 12.3 Å². The summed E-state index contributed by atoms with van der Waals surface area (Å²) in [6.45, 7) is 1.82. The third-order valence-electron chi connectivity index (χ3n) is 4.22. The van der Waals surface area contributed by atoms with Crippen molar-refractivity contribution in [2.24, 2.45) is 0 Å². The van der Waals surface area contributed by atoms with Gasteiger partial charge in [0.25, 0.3) is 5.91 Å². The van der Waals surface area contributed by atoms with Gasteiger partial charge in [-0.2, -0.15) is 0 Å². The van der Waals surface area contributed by atoms with E-state index in [1.165, 1.54) is 31.9 Å². The Bertz CT molecular complexity index is 780. The van der Waals surface area contributed by atoms with Crippen molar-refractivity contribution in [3.8, 4) is 11.5 Å². The van der Waals surface area contributed by atoms with E-state index in [1.807, 2.05) is 18.2 Å². The smallest absolute Gasteiger partial charge is 0.328 e. The molecule has 2 rings (SSSR count). The summed E-state index contributed by atoms with van der Waals surface area (Å²) in [7, 11) is 1.37. The molecule has 7 nitrogen and oxygen atoms in total. The number of methoxy groups -OCH3 is 1. The number of nitrogens with zero attached hydrogens (tertiary/aromatic N) is 1. The minimum atomic E-state index is -0.857. The number of carbonyl (C=O) groups is 2. The first-order valence-electron chi connectivity index (χ1n) is 9.26. The predicted molar refractivity (Wildman–Crippen MR) is 104 cm³/mol. The molecule has 2 N–H and O–H groups in total. The molecule has 1 aromatic carbocycles. The van der Waals surface area contributed by atoms with Gasteiger partial charge in [-0.05, 0) is 38.2 Å². The number of hydrogen-bond donors (Lipinski definition) is 2. The zero-order valence-corrected chi connectivity index (χ0v) is 16.2. The van der Waals surface area contributed by atoms with Gasteiger partial charge in [0.1, 0.15) is 6.04 Å². The maximum Gasteiger partial charge on any atom is 0.328 e. The molecule has 0 aliphatic heterocycles. The van der Waals surface area contributed by atoms with Gasteiger partial charge in [-0.3, -0.25) is 4.79 Å². The fourth-order valence-corrected chi connectivity index (χ4v) is 2.64. The first kappa shape index (κ1) is 21.2. The molecule has 150 valence electrons. The number of hydrogen-bond acceptors (Lipinski definition) is 6. The van der Waals surface area contributed by atoms with Crippen molar-refractivity contribution >= 4 is 11.9 Å². The molecule has 0 aliphatic carbocycles. The number of rotatable bonds is 10. The Morgan fingerprint density at radius 2 is 1.89 bits per heavy atom. The second-order valence-electron chi connectivity index (χ2n) is 6.37. The van der Waals surface area contributed by atoms with Gasteiger partial charge in [-0.1, -0.05) is 30.3 Å². The second kappa shape index (κ2) is 10.9. The summed E-state index contributed by atoms with van der Waals surface area (Å²) < 4.78 is 10.1. The minimum absolute atomic E-state index is 0.130. The van der Waals surface area contributed by atoms with Gasteiger partial charge in [0.2, 0.25) is 0 Å². The number of benzene rings is 1.